The van der Waals surface area contributed by atoms with Gasteiger partial charge in [0.1, 0.15) is 9.53 Å². The second kappa shape index (κ2) is 8.75. The number of anilines is 1. The van der Waals surface area contributed by atoms with Crippen LogP contribution in [-0.2, 0) is 11.3 Å². The SMILES string of the molecule is CCCCn1c(SCC(=O)Nc2ccccc2)nc2c(sc3ncccc32)c1=O. The Balaban J connectivity index is 1.66. The Kier molecular flexibility index (Phi) is 5.92. The Morgan fingerprint density at radius 3 is 2.83 bits per heavy atom. The maximum absolute atomic E-state index is 13.2. The largest absolute Gasteiger partial charge is 0.325 e. The number of thiophene rings is 1. The van der Waals surface area contributed by atoms with Gasteiger partial charge in [0.2, 0.25) is 5.91 Å². The molecule has 0 radical (unpaired) electrons. The molecule has 0 fully saturated rings. The van der Waals surface area contributed by atoms with E-state index in [1.54, 1.807) is 10.8 Å². The number of hydrogen-bond acceptors (Lipinski definition) is 6. The molecule has 6 nitrogen and oxygen atoms in total. The van der Waals surface area contributed by atoms with E-state index in [4.69, 9.17) is 4.98 Å². The van der Waals surface area contributed by atoms with Crippen molar-refractivity contribution in [2.24, 2.45) is 0 Å². The summed E-state index contributed by atoms with van der Waals surface area (Å²) in [6.45, 7) is 2.67. The van der Waals surface area contributed by atoms with E-state index in [2.05, 4.69) is 17.2 Å². The molecular weight excluding hydrogens is 404 g/mol. The van der Waals surface area contributed by atoms with Gasteiger partial charge in [-0.25, -0.2) is 9.97 Å². The van der Waals surface area contributed by atoms with Crippen LogP contribution in [0.15, 0.2) is 58.6 Å². The van der Waals surface area contributed by atoms with Crippen LogP contribution < -0.4 is 10.9 Å². The number of fused-ring (bicyclic) bond motifs is 3. The molecule has 0 atom stereocenters. The van der Waals surface area contributed by atoms with Gasteiger partial charge in [-0.1, -0.05) is 43.3 Å². The predicted octanol–water partition coefficient (Wildman–Crippen LogP) is 4.54. The first kappa shape index (κ1) is 19.6. The highest BCUT2D eigenvalue weighted by Gasteiger charge is 2.17. The number of nitrogens with one attached hydrogen (secondary N) is 1. The van der Waals surface area contributed by atoms with Crippen molar-refractivity contribution in [2.75, 3.05) is 11.1 Å². The number of benzene rings is 1. The van der Waals surface area contributed by atoms with Gasteiger partial charge in [0.15, 0.2) is 5.16 Å². The normalized spacial score (nSPS) is 11.2. The molecule has 3 heterocycles. The van der Waals surface area contributed by atoms with Crippen LogP contribution in [0.4, 0.5) is 5.69 Å². The average Bonchev–Trinajstić information content (AvgIpc) is 3.11. The number of amides is 1. The molecular formula is C21H20N4O2S2. The highest BCUT2D eigenvalue weighted by molar-refractivity contribution is 7.99. The first-order valence-electron chi connectivity index (χ1n) is 9.43. The summed E-state index contributed by atoms with van der Waals surface area (Å²) in [5.41, 5.74) is 1.36. The van der Waals surface area contributed by atoms with Gasteiger partial charge < -0.3 is 5.32 Å². The minimum Gasteiger partial charge on any atom is -0.325 e. The summed E-state index contributed by atoms with van der Waals surface area (Å²) in [6.07, 6.45) is 3.56. The van der Waals surface area contributed by atoms with Gasteiger partial charge in [0.25, 0.3) is 5.56 Å². The Morgan fingerprint density at radius 2 is 2.03 bits per heavy atom. The molecule has 1 aromatic carbocycles. The molecule has 4 aromatic rings. The summed E-state index contributed by atoms with van der Waals surface area (Å²) in [5.74, 6) is 0.0497. The number of para-hydroxylation sites is 1. The molecule has 29 heavy (non-hydrogen) atoms. The van der Waals surface area contributed by atoms with Crippen LogP contribution in [0, 0.1) is 0 Å². The molecule has 0 aliphatic heterocycles. The second-order valence-corrected chi connectivity index (χ2v) is 8.49. The number of hydrogen-bond donors (Lipinski definition) is 1. The number of carbonyl (C=O) groups is 1. The third-order valence-corrected chi connectivity index (χ3v) is 6.51. The number of carbonyl (C=O) groups excluding carboxylic acids is 1. The number of nitrogens with zero attached hydrogens (tertiary/aromatic N) is 3. The van der Waals surface area contributed by atoms with Crippen LogP contribution in [-0.4, -0.2) is 26.2 Å². The van der Waals surface area contributed by atoms with Crippen molar-refractivity contribution in [1.82, 2.24) is 14.5 Å². The lowest BCUT2D eigenvalue weighted by Crippen LogP contribution is -2.23. The number of aromatic nitrogens is 3. The molecule has 1 amide bonds. The Bertz CT molecular complexity index is 1220. The van der Waals surface area contributed by atoms with Crippen molar-refractivity contribution in [3.63, 3.8) is 0 Å². The maximum Gasteiger partial charge on any atom is 0.272 e. The smallest absolute Gasteiger partial charge is 0.272 e. The monoisotopic (exact) mass is 424 g/mol. The van der Waals surface area contributed by atoms with Crippen molar-refractivity contribution in [1.29, 1.82) is 0 Å². The van der Waals surface area contributed by atoms with Crippen molar-refractivity contribution in [2.45, 2.75) is 31.5 Å². The topological polar surface area (TPSA) is 76.9 Å². The molecule has 0 spiro atoms. The minimum atomic E-state index is -0.130. The number of thioether (sulfide) groups is 1. The first-order valence-corrected chi connectivity index (χ1v) is 11.2. The Morgan fingerprint density at radius 1 is 1.21 bits per heavy atom. The lowest BCUT2D eigenvalue weighted by molar-refractivity contribution is -0.113. The van der Waals surface area contributed by atoms with E-state index < -0.39 is 0 Å². The molecule has 1 N–H and O–H groups in total. The van der Waals surface area contributed by atoms with Crippen LogP contribution >= 0.6 is 23.1 Å². The predicted molar refractivity (Wildman–Crippen MR) is 120 cm³/mol. The molecule has 0 saturated carbocycles. The third-order valence-electron chi connectivity index (χ3n) is 4.44. The molecule has 0 bridgehead atoms. The minimum absolute atomic E-state index is 0.0579. The zero-order valence-corrected chi connectivity index (χ0v) is 17.6. The summed E-state index contributed by atoms with van der Waals surface area (Å²) in [4.78, 5) is 35.5. The van der Waals surface area contributed by atoms with Crippen LogP contribution in [0.25, 0.3) is 20.4 Å². The molecule has 0 aliphatic rings. The van der Waals surface area contributed by atoms with E-state index in [0.717, 1.165) is 28.7 Å². The summed E-state index contributed by atoms with van der Waals surface area (Å²) in [5, 5.41) is 4.32. The highest BCUT2D eigenvalue weighted by Crippen LogP contribution is 2.30. The molecule has 0 unspecified atom stereocenters. The van der Waals surface area contributed by atoms with Gasteiger partial charge in [-0.2, -0.15) is 0 Å². The van der Waals surface area contributed by atoms with Crippen LogP contribution in [0.1, 0.15) is 19.8 Å². The summed E-state index contributed by atoms with van der Waals surface area (Å²) >= 11 is 2.67. The Labute approximate surface area is 176 Å². The van der Waals surface area contributed by atoms with Crippen LogP contribution in [0.3, 0.4) is 0 Å². The fraction of sp³-hybridized carbons (Fsp3) is 0.238. The quantitative estimate of drug-likeness (QED) is 0.348. The molecule has 0 saturated heterocycles. The highest BCUT2D eigenvalue weighted by atomic mass is 32.2. The summed E-state index contributed by atoms with van der Waals surface area (Å²) in [7, 11) is 0. The van der Waals surface area contributed by atoms with Gasteiger partial charge in [-0.15, -0.1) is 11.3 Å². The second-order valence-electron chi connectivity index (χ2n) is 6.54. The average molecular weight is 425 g/mol. The van der Waals surface area contributed by atoms with E-state index in [9.17, 15) is 9.59 Å². The summed E-state index contributed by atoms with van der Waals surface area (Å²) in [6, 6.07) is 13.1. The van der Waals surface area contributed by atoms with E-state index >= 15 is 0 Å². The van der Waals surface area contributed by atoms with Gasteiger partial charge in [0, 0.05) is 23.8 Å². The van der Waals surface area contributed by atoms with Gasteiger partial charge in [-0.05, 0) is 30.7 Å². The van der Waals surface area contributed by atoms with E-state index in [1.165, 1.54) is 23.1 Å². The van der Waals surface area contributed by atoms with Gasteiger partial charge in [0.05, 0.1) is 11.3 Å². The fourth-order valence-corrected chi connectivity index (χ4v) is 4.86. The van der Waals surface area contributed by atoms with E-state index in [-0.39, 0.29) is 17.2 Å². The van der Waals surface area contributed by atoms with Crippen molar-refractivity contribution < 1.29 is 4.79 Å². The number of rotatable bonds is 7. The van der Waals surface area contributed by atoms with Crippen LogP contribution in [0.5, 0.6) is 0 Å². The molecule has 3 aromatic heterocycles. The summed E-state index contributed by atoms with van der Waals surface area (Å²) < 4.78 is 2.31. The van der Waals surface area contributed by atoms with Crippen molar-refractivity contribution in [3.8, 4) is 0 Å². The Hall–Kier alpha value is -2.71. The first-order chi connectivity index (χ1) is 14.2. The van der Waals surface area contributed by atoms with E-state index in [1.807, 2.05) is 42.5 Å². The molecule has 8 heteroatoms. The maximum atomic E-state index is 13.2. The lowest BCUT2D eigenvalue weighted by Gasteiger charge is -2.11. The van der Waals surface area contributed by atoms with Gasteiger partial charge in [-0.3, -0.25) is 14.2 Å². The third kappa shape index (κ3) is 4.18. The molecule has 0 aliphatic carbocycles. The number of pyridine rings is 1. The molecule has 148 valence electrons. The van der Waals surface area contributed by atoms with E-state index in [0.29, 0.717) is 21.9 Å². The lowest BCUT2D eigenvalue weighted by atomic mass is 10.3. The zero-order chi connectivity index (χ0) is 20.2. The van der Waals surface area contributed by atoms with Crippen molar-refractivity contribution in [3.05, 3.63) is 59.0 Å². The molecule has 4 rings (SSSR count). The van der Waals surface area contributed by atoms with Gasteiger partial charge >= 0.3 is 0 Å². The standard InChI is InChI=1S/C21H20N4O2S2/c1-2-3-12-25-20(27)18-17(15-10-7-11-22-19(15)29-18)24-21(25)28-13-16(26)23-14-8-5-4-6-9-14/h4-11H,2-3,12-13H2,1H3,(H,23,26). The number of unbranched alkanes of at least 4 members (excludes halogenated alkanes) is 1. The fourth-order valence-electron chi connectivity index (χ4n) is 3.01. The van der Waals surface area contributed by atoms with Crippen LogP contribution in [0.2, 0.25) is 0 Å². The zero-order valence-electron chi connectivity index (χ0n) is 15.9. The van der Waals surface area contributed by atoms with Crippen molar-refractivity contribution >= 4 is 55.1 Å².